The van der Waals surface area contributed by atoms with Crippen LogP contribution in [0.25, 0.3) is 0 Å². The molecule has 2 atom stereocenters. The molecule has 0 aliphatic carbocycles. The first kappa shape index (κ1) is 15.1. The summed E-state index contributed by atoms with van der Waals surface area (Å²) in [5, 5.41) is 9.94. The van der Waals surface area contributed by atoms with Gasteiger partial charge in [-0.2, -0.15) is 0 Å². The Morgan fingerprint density at radius 2 is 1.72 bits per heavy atom. The molecule has 102 valence electrons. The van der Waals surface area contributed by atoms with E-state index in [1.165, 1.54) is 14.2 Å². The molecule has 0 aliphatic heterocycles. The van der Waals surface area contributed by atoms with E-state index in [9.17, 15) is 5.11 Å². The Bertz CT molecular complexity index is 311. The lowest BCUT2D eigenvalue weighted by molar-refractivity contribution is -0.211. The van der Waals surface area contributed by atoms with Gasteiger partial charge in [0.05, 0.1) is 12.7 Å². The van der Waals surface area contributed by atoms with Gasteiger partial charge in [0.15, 0.2) is 6.29 Å². The number of rotatable bonds is 8. The molecule has 1 N–H and O–H groups in total. The van der Waals surface area contributed by atoms with Gasteiger partial charge in [0.1, 0.15) is 6.10 Å². The van der Waals surface area contributed by atoms with Gasteiger partial charge in [-0.1, -0.05) is 37.3 Å². The van der Waals surface area contributed by atoms with Crippen LogP contribution < -0.4 is 0 Å². The lowest BCUT2D eigenvalue weighted by Crippen LogP contribution is -2.41. The van der Waals surface area contributed by atoms with Crippen molar-refractivity contribution in [2.75, 3.05) is 14.2 Å². The summed E-state index contributed by atoms with van der Waals surface area (Å²) in [6, 6.07) is 9.81. The normalized spacial score (nSPS) is 14.7. The van der Waals surface area contributed by atoms with E-state index < -0.39 is 18.5 Å². The lowest BCUT2D eigenvalue weighted by Gasteiger charge is -2.28. The van der Waals surface area contributed by atoms with Crippen LogP contribution in [0, 0.1) is 0 Å². The van der Waals surface area contributed by atoms with Crippen molar-refractivity contribution in [3.05, 3.63) is 35.9 Å². The topological polar surface area (TPSA) is 47.9 Å². The zero-order chi connectivity index (χ0) is 13.4. The van der Waals surface area contributed by atoms with Gasteiger partial charge >= 0.3 is 0 Å². The highest BCUT2D eigenvalue weighted by molar-refractivity contribution is 5.13. The summed E-state index contributed by atoms with van der Waals surface area (Å²) in [4.78, 5) is 0. The second-order valence-corrected chi connectivity index (χ2v) is 4.08. The molecule has 0 saturated carbocycles. The molecule has 1 aromatic rings. The summed E-state index contributed by atoms with van der Waals surface area (Å²) in [7, 11) is 3.07. The maximum atomic E-state index is 9.94. The zero-order valence-electron chi connectivity index (χ0n) is 11.2. The van der Waals surface area contributed by atoms with E-state index in [1.54, 1.807) is 0 Å². The first-order valence-electron chi connectivity index (χ1n) is 6.12. The van der Waals surface area contributed by atoms with Gasteiger partial charge < -0.3 is 19.3 Å². The van der Waals surface area contributed by atoms with Gasteiger partial charge in [-0.15, -0.1) is 0 Å². The standard InChI is InChI=1S/C14H22O4/c1-4-12(15)13(14(16-2)17-3)18-10-11-8-6-5-7-9-11/h5-9,12-15H,4,10H2,1-3H3/t12-,13-/m0/s1. The number of hydrogen-bond acceptors (Lipinski definition) is 4. The Labute approximate surface area is 108 Å². The average Bonchev–Trinajstić information content (AvgIpc) is 2.43. The number of aliphatic hydroxyl groups excluding tert-OH is 1. The molecule has 0 bridgehead atoms. The van der Waals surface area contributed by atoms with E-state index in [2.05, 4.69) is 0 Å². The van der Waals surface area contributed by atoms with E-state index in [-0.39, 0.29) is 0 Å². The van der Waals surface area contributed by atoms with Crippen LogP contribution in [0.4, 0.5) is 0 Å². The highest BCUT2D eigenvalue weighted by atomic mass is 16.7. The third kappa shape index (κ3) is 4.38. The molecular formula is C14H22O4. The molecule has 4 nitrogen and oxygen atoms in total. The van der Waals surface area contributed by atoms with Crippen LogP contribution in [0.3, 0.4) is 0 Å². The Morgan fingerprint density at radius 1 is 1.11 bits per heavy atom. The summed E-state index contributed by atoms with van der Waals surface area (Å²) in [5.41, 5.74) is 1.05. The third-order valence-corrected chi connectivity index (χ3v) is 2.82. The van der Waals surface area contributed by atoms with Crippen LogP contribution in [-0.4, -0.2) is 37.8 Å². The summed E-state index contributed by atoms with van der Waals surface area (Å²) in [5.74, 6) is 0. The predicted molar refractivity (Wildman–Crippen MR) is 69.1 cm³/mol. The summed E-state index contributed by atoms with van der Waals surface area (Å²) in [6.45, 7) is 2.32. The molecule has 0 aliphatic rings. The minimum Gasteiger partial charge on any atom is -0.390 e. The van der Waals surface area contributed by atoms with Gasteiger partial charge in [0.2, 0.25) is 0 Å². The van der Waals surface area contributed by atoms with E-state index in [1.807, 2.05) is 37.3 Å². The van der Waals surface area contributed by atoms with E-state index in [0.717, 1.165) is 5.56 Å². The van der Waals surface area contributed by atoms with Gasteiger partial charge in [-0.3, -0.25) is 0 Å². The second-order valence-electron chi connectivity index (χ2n) is 4.08. The molecule has 0 amide bonds. The highest BCUT2D eigenvalue weighted by Crippen LogP contribution is 2.14. The number of ether oxygens (including phenoxy) is 3. The van der Waals surface area contributed by atoms with Crippen molar-refractivity contribution in [3.63, 3.8) is 0 Å². The summed E-state index contributed by atoms with van der Waals surface area (Å²) in [6.07, 6.45) is -1.09. The fourth-order valence-electron chi connectivity index (χ4n) is 1.73. The molecule has 4 heteroatoms. The van der Waals surface area contributed by atoms with E-state index in [0.29, 0.717) is 13.0 Å². The fraction of sp³-hybridized carbons (Fsp3) is 0.571. The maximum Gasteiger partial charge on any atom is 0.185 e. The number of benzene rings is 1. The molecule has 0 heterocycles. The SMILES string of the molecule is CC[C@H](O)[C@H](OCc1ccccc1)C(OC)OC. The molecule has 0 fully saturated rings. The summed E-state index contributed by atoms with van der Waals surface area (Å²) >= 11 is 0. The molecular weight excluding hydrogens is 232 g/mol. The average molecular weight is 254 g/mol. The fourth-order valence-corrected chi connectivity index (χ4v) is 1.73. The molecule has 1 aromatic carbocycles. The van der Waals surface area contributed by atoms with Gasteiger partial charge in [-0.25, -0.2) is 0 Å². The first-order valence-corrected chi connectivity index (χ1v) is 6.12. The molecule has 18 heavy (non-hydrogen) atoms. The Morgan fingerprint density at radius 3 is 2.22 bits per heavy atom. The lowest BCUT2D eigenvalue weighted by atomic mass is 10.1. The molecule has 1 rings (SSSR count). The second kappa shape index (κ2) is 8.21. The van der Waals surface area contributed by atoms with E-state index >= 15 is 0 Å². The van der Waals surface area contributed by atoms with Crippen molar-refractivity contribution < 1.29 is 19.3 Å². The number of hydrogen-bond donors (Lipinski definition) is 1. The van der Waals surface area contributed by atoms with Crippen molar-refractivity contribution in [1.29, 1.82) is 0 Å². The van der Waals surface area contributed by atoms with Crippen molar-refractivity contribution in [3.8, 4) is 0 Å². The largest absolute Gasteiger partial charge is 0.390 e. The first-order chi connectivity index (χ1) is 8.72. The maximum absolute atomic E-state index is 9.94. The Kier molecular flexibility index (Phi) is 6.90. The van der Waals surface area contributed by atoms with Crippen LogP contribution in [0.5, 0.6) is 0 Å². The predicted octanol–water partition coefficient (Wildman–Crippen LogP) is 1.96. The van der Waals surface area contributed by atoms with Crippen molar-refractivity contribution in [1.82, 2.24) is 0 Å². The molecule has 0 aromatic heterocycles. The molecule has 0 saturated heterocycles. The third-order valence-electron chi connectivity index (χ3n) is 2.82. The monoisotopic (exact) mass is 254 g/mol. The quantitative estimate of drug-likeness (QED) is 0.720. The molecule has 0 radical (unpaired) electrons. The van der Waals surface area contributed by atoms with Crippen molar-refractivity contribution in [2.45, 2.75) is 38.4 Å². The van der Waals surface area contributed by atoms with Crippen LogP contribution in [0.1, 0.15) is 18.9 Å². The molecule has 0 spiro atoms. The van der Waals surface area contributed by atoms with Gasteiger partial charge in [0, 0.05) is 14.2 Å². The van der Waals surface area contributed by atoms with Crippen molar-refractivity contribution in [2.24, 2.45) is 0 Å². The van der Waals surface area contributed by atoms with Gasteiger partial charge in [0.25, 0.3) is 0 Å². The Balaban J connectivity index is 2.61. The zero-order valence-corrected chi connectivity index (χ0v) is 11.2. The van der Waals surface area contributed by atoms with Crippen LogP contribution in [0.2, 0.25) is 0 Å². The highest BCUT2D eigenvalue weighted by Gasteiger charge is 2.28. The Hall–Kier alpha value is -0.940. The number of methoxy groups -OCH3 is 2. The van der Waals surface area contributed by atoms with Crippen LogP contribution in [0.15, 0.2) is 30.3 Å². The minimum absolute atomic E-state index is 0.422. The number of aliphatic hydroxyl groups is 1. The van der Waals surface area contributed by atoms with Gasteiger partial charge in [-0.05, 0) is 12.0 Å². The van der Waals surface area contributed by atoms with E-state index in [4.69, 9.17) is 14.2 Å². The minimum atomic E-state index is -0.612. The summed E-state index contributed by atoms with van der Waals surface area (Å²) < 4.78 is 16.1. The van der Waals surface area contributed by atoms with Crippen molar-refractivity contribution >= 4 is 0 Å². The smallest absolute Gasteiger partial charge is 0.185 e. The van der Waals surface area contributed by atoms with Crippen LogP contribution in [-0.2, 0) is 20.8 Å². The van der Waals surface area contributed by atoms with Crippen LogP contribution >= 0.6 is 0 Å². The molecule has 0 unspecified atom stereocenters.